The summed E-state index contributed by atoms with van der Waals surface area (Å²) >= 11 is 0. The van der Waals surface area contributed by atoms with Gasteiger partial charge in [-0.3, -0.25) is 4.84 Å². The molecule has 0 unspecified atom stereocenters. The van der Waals surface area contributed by atoms with Gasteiger partial charge in [-0.1, -0.05) is 12.2 Å². The second-order valence-electron chi connectivity index (χ2n) is 4.24. The zero-order valence-corrected chi connectivity index (χ0v) is 10.2. The van der Waals surface area contributed by atoms with Crippen LogP contribution in [0, 0.1) is 0 Å². The van der Waals surface area contributed by atoms with Crippen LogP contribution in [0.15, 0.2) is 24.4 Å². The molecule has 16 heavy (non-hydrogen) atoms. The SMILES string of the molecule is CC=CCCc1cc[n+](OC)c2c1CCC2. The summed E-state index contributed by atoms with van der Waals surface area (Å²) in [7, 11) is 1.73. The Morgan fingerprint density at radius 3 is 3.06 bits per heavy atom. The maximum absolute atomic E-state index is 5.34. The molecule has 1 aromatic rings. The summed E-state index contributed by atoms with van der Waals surface area (Å²) in [6.45, 7) is 2.08. The Labute approximate surface area is 97.5 Å². The molecule has 0 bridgehead atoms. The summed E-state index contributed by atoms with van der Waals surface area (Å²) in [5.41, 5.74) is 4.40. The van der Waals surface area contributed by atoms with E-state index in [1.807, 2.05) is 4.73 Å². The molecule has 1 aliphatic carbocycles. The number of allylic oxidation sites excluding steroid dienone is 2. The summed E-state index contributed by atoms with van der Waals surface area (Å²) in [6.07, 6.45) is 12.3. The van der Waals surface area contributed by atoms with E-state index in [1.54, 1.807) is 7.11 Å². The van der Waals surface area contributed by atoms with Crippen molar-refractivity contribution in [2.24, 2.45) is 0 Å². The number of aryl methyl sites for hydroxylation is 1. The van der Waals surface area contributed by atoms with E-state index in [-0.39, 0.29) is 0 Å². The Hall–Kier alpha value is -1.31. The smallest absolute Gasteiger partial charge is 0.237 e. The van der Waals surface area contributed by atoms with E-state index >= 15 is 0 Å². The van der Waals surface area contributed by atoms with Gasteiger partial charge in [-0.25, -0.2) is 0 Å². The van der Waals surface area contributed by atoms with Crippen LogP contribution in [0.5, 0.6) is 0 Å². The Kier molecular flexibility index (Phi) is 3.60. The van der Waals surface area contributed by atoms with Crippen LogP contribution in [0.1, 0.15) is 36.6 Å². The van der Waals surface area contributed by atoms with Crippen LogP contribution >= 0.6 is 0 Å². The Morgan fingerprint density at radius 1 is 1.44 bits per heavy atom. The molecule has 0 fully saturated rings. The monoisotopic (exact) mass is 218 g/mol. The van der Waals surface area contributed by atoms with E-state index in [4.69, 9.17) is 4.84 Å². The van der Waals surface area contributed by atoms with Gasteiger partial charge in [0.25, 0.3) is 0 Å². The Bertz CT molecular complexity index is 396. The zero-order chi connectivity index (χ0) is 11.4. The summed E-state index contributed by atoms with van der Waals surface area (Å²) in [5.74, 6) is 0. The van der Waals surface area contributed by atoms with E-state index in [1.165, 1.54) is 29.7 Å². The first-order valence-electron chi connectivity index (χ1n) is 6.07. The lowest BCUT2D eigenvalue weighted by Crippen LogP contribution is -2.44. The first-order valence-corrected chi connectivity index (χ1v) is 6.07. The highest BCUT2D eigenvalue weighted by atomic mass is 16.6. The van der Waals surface area contributed by atoms with Gasteiger partial charge in [0.15, 0.2) is 0 Å². The van der Waals surface area contributed by atoms with Crippen LogP contribution in [0.25, 0.3) is 0 Å². The molecule has 0 N–H and O–H groups in total. The van der Waals surface area contributed by atoms with Crippen molar-refractivity contribution >= 4 is 0 Å². The number of pyridine rings is 1. The molecule has 2 nitrogen and oxygen atoms in total. The fraction of sp³-hybridized carbons (Fsp3) is 0.500. The lowest BCUT2D eigenvalue weighted by Gasteiger charge is -2.05. The summed E-state index contributed by atoms with van der Waals surface area (Å²) in [5, 5.41) is 0. The number of hydrogen-bond acceptors (Lipinski definition) is 1. The molecule has 1 aliphatic rings. The van der Waals surface area contributed by atoms with Gasteiger partial charge in [0.2, 0.25) is 11.9 Å². The molecule has 0 spiro atoms. The molecule has 0 amide bonds. The van der Waals surface area contributed by atoms with Crippen LogP contribution in [-0.4, -0.2) is 7.11 Å². The zero-order valence-electron chi connectivity index (χ0n) is 10.2. The first-order chi connectivity index (χ1) is 7.86. The van der Waals surface area contributed by atoms with Crippen LogP contribution in [0.3, 0.4) is 0 Å². The third-order valence-corrected chi connectivity index (χ3v) is 3.27. The van der Waals surface area contributed by atoms with Crippen molar-refractivity contribution in [1.82, 2.24) is 0 Å². The van der Waals surface area contributed by atoms with Crippen molar-refractivity contribution < 1.29 is 9.57 Å². The van der Waals surface area contributed by atoms with Gasteiger partial charge in [0, 0.05) is 22.8 Å². The number of nitrogens with zero attached hydrogens (tertiary/aromatic N) is 1. The van der Waals surface area contributed by atoms with E-state index in [2.05, 4.69) is 31.3 Å². The number of aromatic nitrogens is 1. The fourth-order valence-electron chi connectivity index (χ4n) is 2.48. The Balaban J connectivity index is 2.23. The van der Waals surface area contributed by atoms with Crippen molar-refractivity contribution in [3.63, 3.8) is 0 Å². The van der Waals surface area contributed by atoms with Gasteiger partial charge in [-0.15, -0.1) is 0 Å². The molecule has 1 heterocycles. The molecule has 2 rings (SSSR count). The first kappa shape index (κ1) is 11.2. The van der Waals surface area contributed by atoms with Gasteiger partial charge in [-0.2, -0.15) is 0 Å². The van der Waals surface area contributed by atoms with Crippen LogP contribution in [0.4, 0.5) is 0 Å². The molecular weight excluding hydrogens is 198 g/mol. The van der Waals surface area contributed by atoms with Crippen LogP contribution < -0.4 is 9.57 Å². The average molecular weight is 218 g/mol. The third kappa shape index (κ3) is 2.11. The normalized spacial score (nSPS) is 14.4. The van der Waals surface area contributed by atoms with E-state index in [9.17, 15) is 0 Å². The van der Waals surface area contributed by atoms with Gasteiger partial charge < -0.3 is 0 Å². The minimum absolute atomic E-state index is 1.14. The fourth-order valence-corrected chi connectivity index (χ4v) is 2.48. The Morgan fingerprint density at radius 2 is 2.31 bits per heavy atom. The van der Waals surface area contributed by atoms with Gasteiger partial charge in [0.05, 0.1) is 0 Å². The minimum Gasteiger partial charge on any atom is -0.274 e. The molecule has 0 saturated heterocycles. The summed E-state index contributed by atoms with van der Waals surface area (Å²) < 4.78 is 1.92. The van der Waals surface area contributed by atoms with Crippen molar-refractivity contribution in [3.8, 4) is 0 Å². The highest BCUT2D eigenvalue weighted by Crippen LogP contribution is 2.23. The molecule has 1 aromatic heterocycles. The van der Waals surface area contributed by atoms with E-state index in [0.29, 0.717) is 0 Å². The second-order valence-corrected chi connectivity index (χ2v) is 4.24. The summed E-state index contributed by atoms with van der Waals surface area (Å²) in [4.78, 5) is 5.34. The second kappa shape index (κ2) is 5.15. The molecule has 2 heteroatoms. The lowest BCUT2D eigenvalue weighted by atomic mass is 10.0. The van der Waals surface area contributed by atoms with Crippen molar-refractivity contribution in [2.45, 2.75) is 39.0 Å². The van der Waals surface area contributed by atoms with Gasteiger partial charge >= 0.3 is 0 Å². The van der Waals surface area contributed by atoms with Crippen molar-refractivity contribution in [3.05, 3.63) is 41.2 Å². The lowest BCUT2D eigenvalue weighted by molar-refractivity contribution is -0.890. The number of rotatable bonds is 4. The molecule has 0 radical (unpaired) electrons. The van der Waals surface area contributed by atoms with E-state index in [0.717, 1.165) is 19.3 Å². The quantitative estimate of drug-likeness (QED) is 0.557. The van der Waals surface area contributed by atoms with Crippen molar-refractivity contribution in [1.29, 1.82) is 0 Å². The minimum atomic E-state index is 1.14. The van der Waals surface area contributed by atoms with Crippen molar-refractivity contribution in [2.75, 3.05) is 7.11 Å². The molecule has 0 saturated carbocycles. The molecule has 0 aromatic carbocycles. The topological polar surface area (TPSA) is 13.1 Å². The highest BCUT2D eigenvalue weighted by molar-refractivity contribution is 5.31. The maximum atomic E-state index is 5.34. The maximum Gasteiger partial charge on any atom is 0.237 e. The average Bonchev–Trinajstić information content (AvgIpc) is 2.79. The van der Waals surface area contributed by atoms with Gasteiger partial charge in [0.1, 0.15) is 7.11 Å². The van der Waals surface area contributed by atoms with Crippen LogP contribution in [0.2, 0.25) is 0 Å². The van der Waals surface area contributed by atoms with Gasteiger partial charge in [-0.05, 0) is 38.2 Å². The summed E-state index contributed by atoms with van der Waals surface area (Å²) in [6, 6.07) is 2.21. The third-order valence-electron chi connectivity index (χ3n) is 3.27. The standard InChI is InChI=1S/C14H20NO/c1-3-4-5-7-12-10-11-15(16-2)14-9-6-8-13(12)14/h3-4,10-11H,5-9H2,1-2H3/q+1. The number of hydrogen-bond donors (Lipinski definition) is 0. The van der Waals surface area contributed by atoms with Crippen LogP contribution in [-0.2, 0) is 19.3 Å². The number of fused-ring (bicyclic) bond motifs is 1. The molecular formula is C14H20NO+. The predicted octanol–water partition coefficient (Wildman–Crippen LogP) is 2.03. The highest BCUT2D eigenvalue weighted by Gasteiger charge is 2.25. The molecule has 86 valence electrons. The molecule has 0 aliphatic heterocycles. The molecule has 0 atom stereocenters. The predicted molar refractivity (Wildman–Crippen MR) is 64.3 cm³/mol. The largest absolute Gasteiger partial charge is 0.274 e. The van der Waals surface area contributed by atoms with E-state index < -0.39 is 0 Å².